The highest BCUT2D eigenvalue weighted by molar-refractivity contribution is 5.80. The maximum Gasteiger partial charge on any atom is 0.133 e. The molecule has 126 valence electrons. The molecule has 0 aromatic rings. The van der Waals surface area contributed by atoms with Crippen molar-refractivity contribution >= 4 is 12.1 Å². The minimum Gasteiger partial charge on any atom is -0.393 e. The second kappa shape index (κ2) is 6.82. The standard InChI is InChI=1S/C19H32O3/c1-12(2)16-7-8-19(4)14(6-5-13(3)11-20)9-15(21)10-17(19)18(16)22/h11-14,16-18,22H,5-10H2,1-4H3/t13-,14-,16-,17+,18+,19+/m0/s1. The zero-order valence-electron chi connectivity index (χ0n) is 14.5. The van der Waals surface area contributed by atoms with Crippen LogP contribution in [0.2, 0.25) is 0 Å². The molecule has 0 aromatic carbocycles. The Morgan fingerprint density at radius 3 is 2.59 bits per heavy atom. The zero-order chi connectivity index (χ0) is 16.5. The van der Waals surface area contributed by atoms with E-state index in [9.17, 15) is 14.7 Å². The van der Waals surface area contributed by atoms with Crippen LogP contribution in [0.1, 0.15) is 66.2 Å². The predicted molar refractivity (Wildman–Crippen MR) is 87.4 cm³/mol. The number of aldehydes is 1. The van der Waals surface area contributed by atoms with E-state index in [-0.39, 0.29) is 23.4 Å². The fourth-order valence-electron chi connectivity index (χ4n) is 4.91. The van der Waals surface area contributed by atoms with Gasteiger partial charge in [0.2, 0.25) is 0 Å². The molecule has 0 aromatic heterocycles. The van der Waals surface area contributed by atoms with Crippen LogP contribution in [0.4, 0.5) is 0 Å². The van der Waals surface area contributed by atoms with E-state index in [4.69, 9.17) is 0 Å². The summed E-state index contributed by atoms with van der Waals surface area (Å²) in [5.41, 5.74) is 0.0569. The second-order valence-corrected chi connectivity index (χ2v) is 8.38. The molecule has 2 aliphatic carbocycles. The van der Waals surface area contributed by atoms with E-state index in [1.807, 2.05) is 6.92 Å². The summed E-state index contributed by atoms with van der Waals surface area (Å²) in [6.45, 7) is 8.57. The molecule has 1 N–H and O–H groups in total. The number of rotatable bonds is 5. The Hall–Kier alpha value is -0.700. The maximum absolute atomic E-state index is 12.2. The Morgan fingerprint density at radius 1 is 1.32 bits per heavy atom. The van der Waals surface area contributed by atoms with E-state index < -0.39 is 0 Å². The lowest BCUT2D eigenvalue weighted by Crippen LogP contribution is -2.53. The van der Waals surface area contributed by atoms with Crippen LogP contribution in [0.3, 0.4) is 0 Å². The second-order valence-electron chi connectivity index (χ2n) is 8.38. The summed E-state index contributed by atoms with van der Waals surface area (Å²) in [7, 11) is 0. The summed E-state index contributed by atoms with van der Waals surface area (Å²) in [5.74, 6) is 1.57. The van der Waals surface area contributed by atoms with Crippen LogP contribution in [0.25, 0.3) is 0 Å². The van der Waals surface area contributed by atoms with Crippen LogP contribution in [-0.4, -0.2) is 23.3 Å². The number of hydrogen-bond donors (Lipinski definition) is 1. The normalized spacial score (nSPS) is 40.4. The Morgan fingerprint density at radius 2 is 2.00 bits per heavy atom. The number of Topliss-reactive ketones (excluding diaryl/α,β-unsaturated/α-hetero) is 1. The van der Waals surface area contributed by atoms with Crippen LogP contribution in [0.15, 0.2) is 0 Å². The molecular formula is C19H32O3. The van der Waals surface area contributed by atoms with Gasteiger partial charge in [-0.1, -0.05) is 27.7 Å². The molecule has 2 aliphatic rings. The topological polar surface area (TPSA) is 54.4 Å². The van der Waals surface area contributed by atoms with E-state index >= 15 is 0 Å². The van der Waals surface area contributed by atoms with Gasteiger partial charge in [0.1, 0.15) is 12.1 Å². The van der Waals surface area contributed by atoms with Crippen molar-refractivity contribution in [2.75, 3.05) is 0 Å². The van der Waals surface area contributed by atoms with E-state index in [1.165, 1.54) is 0 Å². The molecule has 2 rings (SSSR count). The van der Waals surface area contributed by atoms with Crippen molar-refractivity contribution in [3.63, 3.8) is 0 Å². The summed E-state index contributed by atoms with van der Waals surface area (Å²) >= 11 is 0. The largest absolute Gasteiger partial charge is 0.393 e. The number of aliphatic hydroxyl groups excluding tert-OH is 1. The van der Waals surface area contributed by atoms with Crippen molar-refractivity contribution in [3.05, 3.63) is 0 Å². The van der Waals surface area contributed by atoms with Gasteiger partial charge in [-0.3, -0.25) is 4.79 Å². The lowest BCUT2D eigenvalue weighted by Gasteiger charge is -2.55. The number of fused-ring (bicyclic) bond motifs is 1. The molecule has 3 nitrogen and oxygen atoms in total. The minimum absolute atomic E-state index is 0.0569. The van der Waals surface area contributed by atoms with E-state index in [1.54, 1.807) is 0 Å². The summed E-state index contributed by atoms with van der Waals surface area (Å²) in [6, 6.07) is 0. The fourth-order valence-corrected chi connectivity index (χ4v) is 4.91. The van der Waals surface area contributed by atoms with Crippen molar-refractivity contribution in [1.82, 2.24) is 0 Å². The molecule has 0 bridgehead atoms. The Labute approximate surface area is 134 Å². The molecule has 3 heteroatoms. The van der Waals surface area contributed by atoms with Crippen LogP contribution < -0.4 is 0 Å². The first-order valence-electron chi connectivity index (χ1n) is 8.94. The monoisotopic (exact) mass is 308 g/mol. The van der Waals surface area contributed by atoms with Gasteiger partial charge in [0.25, 0.3) is 0 Å². The summed E-state index contributed by atoms with van der Waals surface area (Å²) in [5, 5.41) is 10.9. The van der Waals surface area contributed by atoms with Gasteiger partial charge in [0, 0.05) is 18.8 Å². The van der Waals surface area contributed by atoms with E-state index in [0.29, 0.717) is 36.4 Å². The van der Waals surface area contributed by atoms with Gasteiger partial charge in [0.15, 0.2) is 0 Å². The highest BCUT2D eigenvalue weighted by atomic mass is 16.3. The lowest BCUT2D eigenvalue weighted by molar-refractivity contribution is -0.147. The van der Waals surface area contributed by atoms with Crippen LogP contribution in [0.5, 0.6) is 0 Å². The van der Waals surface area contributed by atoms with Gasteiger partial charge in [-0.25, -0.2) is 0 Å². The molecule has 22 heavy (non-hydrogen) atoms. The molecule has 0 saturated heterocycles. The third-order valence-corrected chi connectivity index (χ3v) is 6.63. The molecule has 0 amide bonds. The van der Waals surface area contributed by atoms with Gasteiger partial charge in [-0.15, -0.1) is 0 Å². The quantitative estimate of drug-likeness (QED) is 0.789. The lowest BCUT2D eigenvalue weighted by atomic mass is 9.51. The molecule has 6 atom stereocenters. The Kier molecular flexibility index (Phi) is 5.47. The highest BCUT2D eigenvalue weighted by Gasteiger charge is 2.53. The van der Waals surface area contributed by atoms with Crippen LogP contribution in [0, 0.1) is 35.0 Å². The van der Waals surface area contributed by atoms with Crippen molar-refractivity contribution in [1.29, 1.82) is 0 Å². The summed E-state index contributed by atoms with van der Waals surface area (Å²) < 4.78 is 0. The molecule has 0 unspecified atom stereocenters. The Balaban J connectivity index is 2.16. The van der Waals surface area contributed by atoms with Gasteiger partial charge in [-0.2, -0.15) is 0 Å². The van der Waals surface area contributed by atoms with Gasteiger partial charge in [0.05, 0.1) is 6.10 Å². The molecule has 2 fully saturated rings. The molecule has 0 aliphatic heterocycles. The van der Waals surface area contributed by atoms with Crippen molar-refractivity contribution in [2.45, 2.75) is 72.3 Å². The SMILES string of the molecule is CC(C)[C@@H]1CC[C@]2(C)[C@@H](CC[C@H](C)C=O)CC(=O)C[C@@H]2[C@@H]1O. The van der Waals surface area contributed by atoms with Crippen LogP contribution in [-0.2, 0) is 9.59 Å². The first-order chi connectivity index (χ1) is 10.3. The van der Waals surface area contributed by atoms with E-state index in [2.05, 4.69) is 20.8 Å². The first-order valence-corrected chi connectivity index (χ1v) is 8.94. The van der Waals surface area contributed by atoms with Crippen molar-refractivity contribution < 1.29 is 14.7 Å². The van der Waals surface area contributed by atoms with Gasteiger partial charge >= 0.3 is 0 Å². The van der Waals surface area contributed by atoms with E-state index in [0.717, 1.165) is 32.0 Å². The zero-order valence-corrected chi connectivity index (χ0v) is 14.5. The van der Waals surface area contributed by atoms with Crippen molar-refractivity contribution in [3.8, 4) is 0 Å². The Bertz CT molecular complexity index is 417. The minimum atomic E-state index is -0.353. The molecular weight excluding hydrogens is 276 g/mol. The fraction of sp³-hybridized carbons (Fsp3) is 0.895. The number of hydrogen-bond acceptors (Lipinski definition) is 3. The summed E-state index contributed by atoms with van der Waals surface area (Å²) in [6.07, 6.45) is 5.78. The first kappa shape index (κ1) is 17.7. The number of ketones is 1. The van der Waals surface area contributed by atoms with Crippen LogP contribution >= 0.6 is 0 Å². The average Bonchev–Trinajstić information content (AvgIpc) is 2.46. The average molecular weight is 308 g/mol. The highest BCUT2D eigenvalue weighted by Crippen LogP contribution is 2.56. The van der Waals surface area contributed by atoms with Crippen molar-refractivity contribution in [2.24, 2.45) is 35.0 Å². The smallest absolute Gasteiger partial charge is 0.133 e. The number of carbonyl (C=O) groups excluding carboxylic acids is 2. The molecule has 0 heterocycles. The van der Waals surface area contributed by atoms with Gasteiger partial charge in [-0.05, 0) is 54.8 Å². The number of carbonyl (C=O) groups is 2. The number of aliphatic hydroxyl groups is 1. The third kappa shape index (κ3) is 3.29. The molecule has 0 radical (unpaired) electrons. The molecule has 0 spiro atoms. The summed E-state index contributed by atoms with van der Waals surface area (Å²) in [4.78, 5) is 23.1. The van der Waals surface area contributed by atoms with Gasteiger partial charge < -0.3 is 9.90 Å². The predicted octanol–water partition coefficient (Wildman–Crippen LogP) is 3.63. The maximum atomic E-state index is 12.2. The third-order valence-electron chi connectivity index (χ3n) is 6.63. The molecule has 2 saturated carbocycles.